The summed E-state index contributed by atoms with van der Waals surface area (Å²) in [6.07, 6.45) is 3.00. The number of hydrogen-bond donors (Lipinski definition) is 2. The van der Waals surface area contributed by atoms with E-state index in [4.69, 9.17) is 14.6 Å². The third kappa shape index (κ3) is 2.65. The molecular weight excluding hydrogens is 280 g/mol. The number of hydrogen-bond acceptors (Lipinski definition) is 5. The quantitative estimate of drug-likeness (QED) is 0.908. The Balaban J connectivity index is 1.80. The van der Waals surface area contributed by atoms with Crippen LogP contribution >= 0.6 is 23.1 Å². The van der Waals surface area contributed by atoms with Gasteiger partial charge in [-0.3, -0.25) is 0 Å². The van der Waals surface area contributed by atoms with Gasteiger partial charge < -0.3 is 14.6 Å². The molecule has 5 heteroatoms. The third-order valence-corrected chi connectivity index (χ3v) is 5.35. The number of rotatable bonds is 4. The Morgan fingerprint density at radius 1 is 1.16 bits per heavy atom. The molecule has 2 N–H and O–H groups in total. The van der Waals surface area contributed by atoms with Crippen LogP contribution in [-0.2, 0) is 6.61 Å². The summed E-state index contributed by atoms with van der Waals surface area (Å²) in [4.78, 5) is 3.06. The third-order valence-electron chi connectivity index (χ3n) is 2.97. The number of furan rings is 1. The van der Waals surface area contributed by atoms with E-state index in [9.17, 15) is 0 Å². The van der Waals surface area contributed by atoms with E-state index in [-0.39, 0.29) is 18.5 Å². The van der Waals surface area contributed by atoms with Crippen molar-refractivity contribution in [3.63, 3.8) is 0 Å². The summed E-state index contributed by atoms with van der Waals surface area (Å²) in [5.41, 5.74) is 0. The van der Waals surface area contributed by atoms with E-state index in [1.54, 1.807) is 11.8 Å². The van der Waals surface area contributed by atoms with Gasteiger partial charge in [-0.2, -0.15) is 0 Å². The van der Waals surface area contributed by atoms with Crippen molar-refractivity contribution in [2.45, 2.75) is 18.3 Å². The zero-order valence-electron chi connectivity index (χ0n) is 10.2. The molecule has 19 heavy (non-hydrogen) atoms. The molecule has 0 bridgehead atoms. The molecule has 0 saturated carbocycles. The first-order valence-electron chi connectivity index (χ1n) is 6.08. The maximum atomic E-state index is 9.14. The first-order valence-corrected chi connectivity index (χ1v) is 7.77. The summed E-state index contributed by atoms with van der Waals surface area (Å²) in [6, 6.07) is 7.79. The molecule has 1 atom stereocenters. The van der Waals surface area contributed by atoms with E-state index in [1.807, 2.05) is 24.3 Å². The van der Waals surface area contributed by atoms with Gasteiger partial charge in [-0.25, -0.2) is 0 Å². The average molecular weight is 294 g/mol. The highest BCUT2D eigenvalue weighted by Crippen LogP contribution is 2.41. The number of thioether (sulfide) groups is 1. The summed E-state index contributed by atoms with van der Waals surface area (Å²) < 4.78 is 5.86. The Morgan fingerprint density at radius 3 is 2.68 bits per heavy atom. The second-order valence-corrected chi connectivity index (χ2v) is 6.83. The molecule has 0 aliphatic carbocycles. The van der Waals surface area contributed by atoms with Gasteiger partial charge in [0, 0.05) is 15.0 Å². The zero-order chi connectivity index (χ0) is 13.2. The van der Waals surface area contributed by atoms with Crippen LogP contribution in [0.1, 0.15) is 17.1 Å². The topological polar surface area (TPSA) is 53.6 Å². The fraction of sp³-hybridized carbons (Fsp3) is 0.286. The van der Waals surface area contributed by atoms with Gasteiger partial charge in [-0.1, -0.05) is 6.08 Å². The van der Waals surface area contributed by atoms with Crippen LogP contribution < -0.4 is 0 Å². The van der Waals surface area contributed by atoms with Crippen molar-refractivity contribution < 1.29 is 14.6 Å². The van der Waals surface area contributed by atoms with Crippen LogP contribution in [0.3, 0.4) is 0 Å². The van der Waals surface area contributed by atoms with E-state index in [0.29, 0.717) is 0 Å². The Labute approximate surface area is 119 Å². The fourth-order valence-corrected chi connectivity index (χ4v) is 3.86. The van der Waals surface area contributed by atoms with Gasteiger partial charge in [0.2, 0.25) is 0 Å². The van der Waals surface area contributed by atoms with Crippen LogP contribution in [0.25, 0.3) is 15.5 Å². The SMILES string of the molecule is OCc1ccc(-c2ccc(C3=CCC(CO)S3)o2)s1. The molecule has 2 aromatic rings. The molecule has 3 rings (SSSR count). The van der Waals surface area contributed by atoms with Gasteiger partial charge >= 0.3 is 0 Å². The molecule has 0 aromatic carbocycles. The highest BCUT2D eigenvalue weighted by Gasteiger charge is 2.20. The van der Waals surface area contributed by atoms with Gasteiger partial charge in [-0.05, 0) is 30.7 Å². The lowest BCUT2D eigenvalue weighted by atomic mass is 10.3. The highest BCUT2D eigenvalue weighted by atomic mass is 32.2. The molecule has 0 saturated heterocycles. The molecule has 1 unspecified atom stereocenters. The van der Waals surface area contributed by atoms with Crippen molar-refractivity contribution >= 4 is 28.0 Å². The molecule has 0 amide bonds. The van der Waals surface area contributed by atoms with Crippen LogP contribution in [-0.4, -0.2) is 22.1 Å². The van der Waals surface area contributed by atoms with Crippen molar-refractivity contribution in [1.82, 2.24) is 0 Å². The van der Waals surface area contributed by atoms with Crippen LogP contribution in [0.15, 0.2) is 34.8 Å². The van der Waals surface area contributed by atoms with Crippen LogP contribution in [0.2, 0.25) is 0 Å². The van der Waals surface area contributed by atoms with Crippen molar-refractivity contribution in [2.75, 3.05) is 6.61 Å². The van der Waals surface area contributed by atoms with Crippen LogP contribution in [0.4, 0.5) is 0 Å². The molecular formula is C14H14O3S2. The first kappa shape index (κ1) is 13.0. The summed E-state index contributed by atoms with van der Waals surface area (Å²) in [7, 11) is 0. The number of thiophene rings is 1. The van der Waals surface area contributed by atoms with Gasteiger partial charge in [0.25, 0.3) is 0 Å². The van der Waals surface area contributed by atoms with Gasteiger partial charge in [-0.15, -0.1) is 23.1 Å². The van der Waals surface area contributed by atoms with E-state index in [0.717, 1.165) is 32.6 Å². The predicted molar refractivity (Wildman–Crippen MR) is 79.0 cm³/mol. The number of aliphatic hydroxyl groups excluding tert-OH is 2. The lowest BCUT2D eigenvalue weighted by Crippen LogP contribution is -2.02. The minimum absolute atomic E-state index is 0.0669. The van der Waals surface area contributed by atoms with Crippen molar-refractivity contribution in [3.05, 3.63) is 41.0 Å². The predicted octanol–water partition coefficient (Wildman–Crippen LogP) is 3.34. The molecule has 3 nitrogen and oxygen atoms in total. The monoisotopic (exact) mass is 294 g/mol. The number of aliphatic hydroxyl groups is 2. The Morgan fingerprint density at radius 2 is 2.00 bits per heavy atom. The standard InChI is InChI=1S/C14H14O3S2/c15-7-9-1-5-13(18-9)11-3-4-12(17-11)14-6-2-10(8-16)19-14/h1,3-6,10,15-16H,2,7-8H2. The summed E-state index contributed by atoms with van der Waals surface area (Å²) >= 11 is 3.20. The van der Waals surface area contributed by atoms with E-state index in [1.165, 1.54) is 11.3 Å². The van der Waals surface area contributed by atoms with E-state index in [2.05, 4.69) is 6.08 Å². The average Bonchev–Trinajstić information content (AvgIpc) is 3.16. The van der Waals surface area contributed by atoms with Crippen LogP contribution in [0.5, 0.6) is 0 Å². The molecule has 1 aliphatic rings. The first-order chi connectivity index (χ1) is 9.30. The maximum Gasteiger partial charge on any atom is 0.144 e. The Hall–Kier alpha value is -1.01. The molecule has 0 fully saturated rings. The fourth-order valence-electron chi connectivity index (χ4n) is 1.98. The van der Waals surface area contributed by atoms with Crippen LogP contribution in [0, 0.1) is 0 Å². The largest absolute Gasteiger partial charge is 0.455 e. The minimum Gasteiger partial charge on any atom is -0.455 e. The highest BCUT2D eigenvalue weighted by molar-refractivity contribution is 8.09. The van der Waals surface area contributed by atoms with Gasteiger partial charge in [0.1, 0.15) is 11.5 Å². The van der Waals surface area contributed by atoms with Gasteiger partial charge in [0.15, 0.2) is 0 Å². The minimum atomic E-state index is 0.0669. The van der Waals surface area contributed by atoms with Gasteiger partial charge in [0.05, 0.1) is 18.1 Å². The second kappa shape index (κ2) is 5.54. The summed E-state index contributed by atoms with van der Waals surface area (Å²) in [6.45, 7) is 0.264. The summed E-state index contributed by atoms with van der Waals surface area (Å²) in [5, 5.41) is 18.5. The van der Waals surface area contributed by atoms with E-state index < -0.39 is 0 Å². The molecule has 3 heterocycles. The Bertz CT molecular complexity index is 597. The summed E-state index contributed by atoms with van der Waals surface area (Å²) in [5.74, 6) is 1.68. The lowest BCUT2D eigenvalue weighted by Gasteiger charge is -2.03. The maximum absolute atomic E-state index is 9.14. The van der Waals surface area contributed by atoms with Crippen molar-refractivity contribution in [3.8, 4) is 10.6 Å². The molecule has 1 aliphatic heterocycles. The molecule has 2 aromatic heterocycles. The number of allylic oxidation sites excluding steroid dienone is 1. The smallest absolute Gasteiger partial charge is 0.144 e. The van der Waals surface area contributed by atoms with Crippen molar-refractivity contribution in [2.24, 2.45) is 0 Å². The molecule has 100 valence electrons. The zero-order valence-corrected chi connectivity index (χ0v) is 11.8. The lowest BCUT2D eigenvalue weighted by molar-refractivity contribution is 0.285. The second-order valence-electron chi connectivity index (χ2n) is 4.31. The van der Waals surface area contributed by atoms with Crippen molar-refractivity contribution in [1.29, 1.82) is 0 Å². The molecule has 0 radical (unpaired) electrons. The normalized spacial score (nSPS) is 18.8. The molecule has 0 spiro atoms. The van der Waals surface area contributed by atoms with E-state index >= 15 is 0 Å². The Kier molecular flexibility index (Phi) is 3.79.